The fourth-order valence-electron chi connectivity index (χ4n) is 1.53. The maximum Gasteiger partial charge on any atom is 0.0163 e. The van der Waals surface area contributed by atoms with Crippen LogP contribution in [-0.4, -0.2) is 38.1 Å². The Kier molecular flexibility index (Phi) is 5.04. The van der Waals surface area contributed by atoms with E-state index in [1.807, 2.05) is 7.05 Å². The average molecular weight is 168 g/mol. The van der Waals surface area contributed by atoms with Crippen LogP contribution in [0, 0.1) is 0 Å². The molecule has 0 radical (unpaired) electrons. The molecule has 70 valence electrons. The van der Waals surface area contributed by atoms with Crippen LogP contribution in [0.15, 0.2) is 12.2 Å². The summed E-state index contributed by atoms with van der Waals surface area (Å²) in [7, 11) is 2.02. The molecule has 0 saturated heterocycles. The van der Waals surface area contributed by atoms with Gasteiger partial charge in [0.05, 0.1) is 0 Å². The monoisotopic (exact) mass is 168 g/mol. The van der Waals surface area contributed by atoms with E-state index >= 15 is 0 Å². The van der Waals surface area contributed by atoms with Gasteiger partial charge < -0.3 is 5.32 Å². The van der Waals surface area contributed by atoms with Gasteiger partial charge in [0.25, 0.3) is 0 Å². The second-order valence-corrected chi connectivity index (χ2v) is 3.37. The predicted molar refractivity (Wildman–Crippen MR) is 53.4 cm³/mol. The van der Waals surface area contributed by atoms with Crippen molar-refractivity contribution in [1.29, 1.82) is 0 Å². The molecule has 0 spiro atoms. The predicted octanol–water partition coefficient (Wildman–Crippen LogP) is 1.25. The summed E-state index contributed by atoms with van der Waals surface area (Å²) in [6.07, 6.45) is 8.43. The molecule has 0 fully saturated rings. The van der Waals surface area contributed by atoms with Gasteiger partial charge in [-0.3, -0.25) is 4.90 Å². The lowest BCUT2D eigenvalue weighted by atomic mass is 10.2. The molecular formula is C10H20N2. The van der Waals surface area contributed by atoms with E-state index in [1.165, 1.54) is 38.9 Å². The summed E-state index contributed by atoms with van der Waals surface area (Å²) in [6, 6.07) is 0. The van der Waals surface area contributed by atoms with Crippen LogP contribution in [0.3, 0.4) is 0 Å². The molecule has 1 aliphatic rings. The van der Waals surface area contributed by atoms with E-state index in [0.717, 1.165) is 6.54 Å². The molecule has 1 N–H and O–H groups in total. The minimum atomic E-state index is 1.16. The van der Waals surface area contributed by atoms with E-state index in [4.69, 9.17) is 0 Å². The number of nitrogens with zero attached hydrogens (tertiary/aromatic N) is 1. The zero-order chi connectivity index (χ0) is 8.65. The molecule has 0 bridgehead atoms. The molecule has 0 aromatic carbocycles. The Morgan fingerprint density at radius 2 is 2.25 bits per heavy atom. The third-order valence-electron chi connectivity index (χ3n) is 2.29. The standard InChI is InChI=1S/C10H20N2/c1-11-7-3-6-10-12-8-4-2-5-9-12/h2,4,11H,3,5-10H2,1H3. The lowest BCUT2D eigenvalue weighted by Gasteiger charge is -2.22. The molecule has 0 amide bonds. The Balaban J connectivity index is 1.95. The van der Waals surface area contributed by atoms with Crippen molar-refractivity contribution in [3.63, 3.8) is 0 Å². The van der Waals surface area contributed by atoms with Gasteiger partial charge in [0.1, 0.15) is 0 Å². The molecule has 1 heterocycles. The summed E-state index contributed by atoms with van der Waals surface area (Å²) in [4.78, 5) is 2.52. The number of nitrogens with one attached hydrogen (secondary N) is 1. The largest absolute Gasteiger partial charge is 0.320 e. The van der Waals surface area contributed by atoms with Gasteiger partial charge in [-0.2, -0.15) is 0 Å². The first-order chi connectivity index (χ1) is 5.93. The topological polar surface area (TPSA) is 15.3 Å². The summed E-state index contributed by atoms with van der Waals surface area (Å²) >= 11 is 0. The number of hydrogen-bond donors (Lipinski definition) is 1. The van der Waals surface area contributed by atoms with Gasteiger partial charge in [-0.25, -0.2) is 0 Å². The Bertz CT molecular complexity index is 132. The molecule has 0 aromatic heterocycles. The second kappa shape index (κ2) is 6.21. The number of hydrogen-bond acceptors (Lipinski definition) is 2. The van der Waals surface area contributed by atoms with Crippen molar-refractivity contribution in [2.45, 2.75) is 19.3 Å². The van der Waals surface area contributed by atoms with Crippen LogP contribution in [0.4, 0.5) is 0 Å². The molecule has 1 aliphatic heterocycles. The van der Waals surface area contributed by atoms with Gasteiger partial charge in [-0.05, 0) is 39.4 Å². The first-order valence-electron chi connectivity index (χ1n) is 4.95. The minimum absolute atomic E-state index is 1.16. The highest BCUT2D eigenvalue weighted by atomic mass is 15.1. The first-order valence-corrected chi connectivity index (χ1v) is 4.95. The summed E-state index contributed by atoms with van der Waals surface area (Å²) < 4.78 is 0. The molecule has 1 rings (SSSR count). The third kappa shape index (κ3) is 3.88. The van der Waals surface area contributed by atoms with Gasteiger partial charge in [0, 0.05) is 13.1 Å². The van der Waals surface area contributed by atoms with Crippen molar-refractivity contribution >= 4 is 0 Å². The maximum atomic E-state index is 3.17. The van der Waals surface area contributed by atoms with Crippen LogP contribution in [0.5, 0.6) is 0 Å². The van der Waals surface area contributed by atoms with Crippen molar-refractivity contribution in [3.8, 4) is 0 Å². The Morgan fingerprint density at radius 3 is 2.92 bits per heavy atom. The Hall–Kier alpha value is -0.340. The van der Waals surface area contributed by atoms with Crippen molar-refractivity contribution in [2.24, 2.45) is 0 Å². The van der Waals surface area contributed by atoms with E-state index < -0.39 is 0 Å². The average Bonchev–Trinajstić information content (AvgIpc) is 2.14. The summed E-state index contributed by atoms with van der Waals surface area (Å²) in [5, 5.41) is 3.17. The minimum Gasteiger partial charge on any atom is -0.320 e. The fraction of sp³-hybridized carbons (Fsp3) is 0.800. The molecule has 0 aliphatic carbocycles. The van der Waals surface area contributed by atoms with Crippen LogP contribution >= 0.6 is 0 Å². The van der Waals surface area contributed by atoms with Gasteiger partial charge in [0.2, 0.25) is 0 Å². The molecule has 0 unspecified atom stereocenters. The molecule has 12 heavy (non-hydrogen) atoms. The van der Waals surface area contributed by atoms with E-state index in [1.54, 1.807) is 0 Å². The van der Waals surface area contributed by atoms with Crippen molar-refractivity contribution in [1.82, 2.24) is 10.2 Å². The smallest absolute Gasteiger partial charge is 0.0163 e. The molecule has 2 nitrogen and oxygen atoms in total. The van der Waals surface area contributed by atoms with E-state index in [9.17, 15) is 0 Å². The Morgan fingerprint density at radius 1 is 1.33 bits per heavy atom. The normalized spacial score (nSPS) is 18.4. The fourth-order valence-corrected chi connectivity index (χ4v) is 1.53. The summed E-state index contributed by atoms with van der Waals surface area (Å²) in [5.41, 5.74) is 0. The van der Waals surface area contributed by atoms with E-state index in [0.29, 0.717) is 0 Å². The first kappa shape index (κ1) is 9.75. The highest BCUT2D eigenvalue weighted by molar-refractivity contribution is 4.90. The molecule has 0 aromatic rings. The highest BCUT2D eigenvalue weighted by Crippen LogP contribution is 2.02. The second-order valence-electron chi connectivity index (χ2n) is 3.37. The van der Waals surface area contributed by atoms with Gasteiger partial charge in [-0.15, -0.1) is 0 Å². The summed E-state index contributed by atoms with van der Waals surface area (Å²) in [5.74, 6) is 0. The molecule has 2 heteroatoms. The van der Waals surface area contributed by atoms with Gasteiger partial charge in [-0.1, -0.05) is 12.2 Å². The van der Waals surface area contributed by atoms with Crippen LogP contribution in [0.1, 0.15) is 19.3 Å². The third-order valence-corrected chi connectivity index (χ3v) is 2.29. The van der Waals surface area contributed by atoms with Crippen LogP contribution in [-0.2, 0) is 0 Å². The lowest BCUT2D eigenvalue weighted by molar-refractivity contribution is 0.292. The summed E-state index contributed by atoms with van der Waals surface area (Å²) in [6.45, 7) is 4.85. The maximum absolute atomic E-state index is 3.17. The number of rotatable bonds is 5. The van der Waals surface area contributed by atoms with Gasteiger partial charge in [0.15, 0.2) is 0 Å². The number of unbranched alkanes of at least 4 members (excludes halogenated alkanes) is 1. The SMILES string of the molecule is CNCCCCN1CC=CCC1. The van der Waals surface area contributed by atoms with E-state index in [-0.39, 0.29) is 0 Å². The van der Waals surface area contributed by atoms with Crippen molar-refractivity contribution in [2.75, 3.05) is 33.2 Å². The Labute approximate surface area is 75.6 Å². The van der Waals surface area contributed by atoms with Crippen LogP contribution in [0.2, 0.25) is 0 Å². The zero-order valence-electron chi connectivity index (χ0n) is 8.05. The molecular weight excluding hydrogens is 148 g/mol. The quantitative estimate of drug-likeness (QED) is 0.491. The van der Waals surface area contributed by atoms with Crippen LogP contribution < -0.4 is 5.32 Å². The zero-order valence-corrected chi connectivity index (χ0v) is 8.05. The van der Waals surface area contributed by atoms with Crippen molar-refractivity contribution in [3.05, 3.63) is 12.2 Å². The lowest BCUT2D eigenvalue weighted by Crippen LogP contribution is -2.28. The van der Waals surface area contributed by atoms with Crippen molar-refractivity contribution < 1.29 is 0 Å². The van der Waals surface area contributed by atoms with E-state index in [2.05, 4.69) is 22.4 Å². The van der Waals surface area contributed by atoms with Crippen LogP contribution in [0.25, 0.3) is 0 Å². The van der Waals surface area contributed by atoms with Gasteiger partial charge >= 0.3 is 0 Å². The molecule has 0 saturated carbocycles. The highest BCUT2D eigenvalue weighted by Gasteiger charge is 2.03. The molecule has 0 atom stereocenters.